The van der Waals surface area contributed by atoms with Gasteiger partial charge in [0.2, 0.25) is 0 Å². The Labute approximate surface area is 161 Å². The lowest BCUT2D eigenvalue weighted by Crippen LogP contribution is -2.14. The van der Waals surface area contributed by atoms with Gasteiger partial charge in [0.15, 0.2) is 0 Å². The molecule has 0 bridgehead atoms. The molecule has 0 spiro atoms. The topological polar surface area (TPSA) is 30.5 Å². The van der Waals surface area contributed by atoms with Crippen molar-refractivity contribution in [3.8, 4) is 16.9 Å². The molecule has 0 fully saturated rings. The van der Waals surface area contributed by atoms with Gasteiger partial charge in [-0.25, -0.2) is 0 Å². The summed E-state index contributed by atoms with van der Waals surface area (Å²) >= 11 is 0. The highest BCUT2D eigenvalue weighted by atomic mass is 16.5. The Hall–Kier alpha value is -2.78. The second-order valence-corrected chi connectivity index (χ2v) is 6.52. The highest BCUT2D eigenvalue weighted by Crippen LogP contribution is 2.32. The second kappa shape index (κ2) is 9.24. The first kappa shape index (κ1) is 19.0. The molecule has 0 atom stereocenters. The second-order valence-electron chi connectivity index (χ2n) is 6.52. The molecule has 27 heavy (non-hydrogen) atoms. The van der Waals surface area contributed by atoms with Crippen molar-refractivity contribution in [2.24, 2.45) is 0 Å². The van der Waals surface area contributed by atoms with Crippen molar-refractivity contribution in [2.45, 2.75) is 13.3 Å². The Morgan fingerprint density at radius 3 is 2.48 bits per heavy atom. The average molecular weight is 361 g/mol. The predicted octanol–water partition coefficient (Wildman–Crippen LogP) is 5.50. The fraction of sp³-hybridized carbons (Fsp3) is 0.250. The fourth-order valence-electron chi connectivity index (χ4n) is 3.05. The van der Waals surface area contributed by atoms with Gasteiger partial charge in [0.1, 0.15) is 12.4 Å². The van der Waals surface area contributed by atoms with E-state index in [1.165, 1.54) is 16.5 Å². The molecule has 140 valence electrons. The molecular weight excluding hydrogens is 334 g/mol. The SMILES string of the molecule is C=C(NCCC)c1cc2cc(-c3ccccc3)ccc2cc1OCCOC. The molecule has 0 unspecified atom stereocenters. The number of benzene rings is 3. The summed E-state index contributed by atoms with van der Waals surface area (Å²) in [6.45, 7) is 8.31. The van der Waals surface area contributed by atoms with E-state index in [9.17, 15) is 0 Å². The van der Waals surface area contributed by atoms with E-state index < -0.39 is 0 Å². The molecule has 0 aliphatic rings. The third-order valence-electron chi connectivity index (χ3n) is 4.50. The minimum atomic E-state index is 0.512. The molecule has 0 saturated heterocycles. The van der Waals surface area contributed by atoms with Gasteiger partial charge in [-0.3, -0.25) is 0 Å². The molecule has 0 radical (unpaired) electrons. The minimum Gasteiger partial charge on any atom is -0.490 e. The van der Waals surface area contributed by atoms with Crippen LogP contribution in [0.3, 0.4) is 0 Å². The lowest BCUT2D eigenvalue weighted by atomic mass is 9.98. The van der Waals surface area contributed by atoms with Crippen molar-refractivity contribution < 1.29 is 9.47 Å². The van der Waals surface area contributed by atoms with E-state index in [1.54, 1.807) is 7.11 Å². The number of hydrogen-bond donors (Lipinski definition) is 1. The Balaban J connectivity index is 2.01. The summed E-state index contributed by atoms with van der Waals surface area (Å²) in [6.07, 6.45) is 1.05. The summed E-state index contributed by atoms with van der Waals surface area (Å²) in [4.78, 5) is 0. The summed E-state index contributed by atoms with van der Waals surface area (Å²) in [6, 6.07) is 21.2. The van der Waals surface area contributed by atoms with E-state index in [4.69, 9.17) is 9.47 Å². The molecule has 3 rings (SSSR count). The summed E-state index contributed by atoms with van der Waals surface area (Å²) in [5.74, 6) is 0.834. The highest BCUT2D eigenvalue weighted by Gasteiger charge is 2.11. The molecule has 0 heterocycles. The number of methoxy groups -OCH3 is 1. The lowest BCUT2D eigenvalue weighted by molar-refractivity contribution is 0.146. The van der Waals surface area contributed by atoms with E-state index in [-0.39, 0.29) is 0 Å². The maximum atomic E-state index is 5.98. The molecule has 0 amide bonds. The van der Waals surface area contributed by atoms with Gasteiger partial charge in [0, 0.05) is 24.9 Å². The number of hydrogen-bond acceptors (Lipinski definition) is 3. The zero-order valence-electron chi connectivity index (χ0n) is 16.1. The average Bonchev–Trinajstić information content (AvgIpc) is 2.72. The Kier molecular flexibility index (Phi) is 6.50. The quantitative estimate of drug-likeness (QED) is 0.510. The largest absolute Gasteiger partial charge is 0.490 e. The summed E-state index contributed by atoms with van der Waals surface area (Å²) < 4.78 is 11.1. The van der Waals surface area contributed by atoms with Crippen LogP contribution in [0.4, 0.5) is 0 Å². The predicted molar refractivity (Wildman–Crippen MR) is 114 cm³/mol. The van der Waals surface area contributed by atoms with Crippen LogP contribution in [0.5, 0.6) is 5.75 Å². The van der Waals surface area contributed by atoms with Gasteiger partial charge in [-0.05, 0) is 46.5 Å². The smallest absolute Gasteiger partial charge is 0.129 e. The van der Waals surface area contributed by atoms with Crippen LogP contribution in [0.1, 0.15) is 18.9 Å². The maximum Gasteiger partial charge on any atom is 0.129 e. The molecule has 0 aromatic heterocycles. The van der Waals surface area contributed by atoms with Crippen molar-refractivity contribution in [2.75, 3.05) is 26.9 Å². The Morgan fingerprint density at radius 2 is 1.74 bits per heavy atom. The highest BCUT2D eigenvalue weighted by molar-refractivity contribution is 5.92. The van der Waals surface area contributed by atoms with Crippen molar-refractivity contribution in [1.82, 2.24) is 5.32 Å². The van der Waals surface area contributed by atoms with Gasteiger partial charge >= 0.3 is 0 Å². The van der Waals surface area contributed by atoms with Crippen LogP contribution < -0.4 is 10.1 Å². The summed E-state index contributed by atoms with van der Waals surface area (Å²) in [5, 5.41) is 5.70. The molecule has 3 nitrogen and oxygen atoms in total. The molecule has 3 aromatic rings. The van der Waals surface area contributed by atoms with Gasteiger partial charge in [-0.15, -0.1) is 0 Å². The van der Waals surface area contributed by atoms with Crippen LogP contribution >= 0.6 is 0 Å². The van der Waals surface area contributed by atoms with Crippen LogP contribution in [-0.2, 0) is 4.74 Å². The molecule has 3 aromatic carbocycles. The van der Waals surface area contributed by atoms with E-state index >= 15 is 0 Å². The van der Waals surface area contributed by atoms with Crippen LogP contribution in [0, 0.1) is 0 Å². The number of nitrogens with one attached hydrogen (secondary N) is 1. The van der Waals surface area contributed by atoms with Gasteiger partial charge < -0.3 is 14.8 Å². The molecule has 0 saturated carbocycles. The minimum absolute atomic E-state index is 0.512. The van der Waals surface area contributed by atoms with E-state index in [2.05, 4.69) is 73.4 Å². The molecule has 3 heteroatoms. The van der Waals surface area contributed by atoms with Crippen LogP contribution in [-0.4, -0.2) is 26.9 Å². The Bertz CT molecular complexity index is 903. The van der Waals surface area contributed by atoms with E-state index in [0.29, 0.717) is 13.2 Å². The monoisotopic (exact) mass is 361 g/mol. The van der Waals surface area contributed by atoms with Crippen LogP contribution in [0.25, 0.3) is 27.6 Å². The zero-order valence-corrected chi connectivity index (χ0v) is 16.1. The standard InChI is InChI=1S/C24H27NO2/c1-4-12-25-18(2)23-16-22-15-20(19-8-6-5-7-9-19)10-11-21(22)17-24(23)27-14-13-26-3/h5-11,15-17,25H,2,4,12-14H2,1,3H3. The van der Waals surface area contributed by atoms with Crippen molar-refractivity contribution in [3.63, 3.8) is 0 Å². The van der Waals surface area contributed by atoms with E-state index in [1.807, 2.05) is 6.07 Å². The van der Waals surface area contributed by atoms with E-state index in [0.717, 1.165) is 35.4 Å². The zero-order chi connectivity index (χ0) is 19.1. The first-order valence-corrected chi connectivity index (χ1v) is 9.41. The first-order valence-electron chi connectivity index (χ1n) is 9.41. The first-order chi connectivity index (χ1) is 13.2. The van der Waals surface area contributed by atoms with Gasteiger partial charge in [0.25, 0.3) is 0 Å². The van der Waals surface area contributed by atoms with Crippen molar-refractivity contribution in [3.05, 3.63) is 72.8 Å². The molecule has 0 aliphatic carbocycles. The van der Waals surface area contributed by atoms with Crippen LogP contribution in [0.15, 0.2) is 67.2 Å². The van der Waals surface area contributed by atoms with Crippen molar-refractivity contribution >= 4 is 16.5 Å². The maximum absolute atomic E-state index is 5.98. The lowest BCUT2D eigenvalue weighted by Gasteiger charge is -2.16. The molecule has 1 N–H and O–H groups in total. The van der Waals surface area contributed by atoms with Crippen LogP contribution in [0.2, 0.25) is 0 Å². The third-order valence-corrected chi connectivity index (χ3v) is 4.50. The number of rotatable bonds is 9. The number of ether oxygens (including phenoxy) is 2. The normalized spacial score (nSPS) is 10.7. The fourth-order valence-corrected chi connectivity index (χ4v) is 3.05. The molecular formula is C24H27NO2. The van der Waals surface area contributed by atoms with Gasteiger partial charge in [-0.2, -0.15) is 0 Å². The summed E-state index contributed by atoms with van der Waals surface area (Å²) in [7, 11) is 1.68. The van der Waals surface area contributed by atoms with Crippen molar-refractivity contribution in [1.29, 1.82) is 0 Å². The summed E-state index contributed by atoms with van der Waals surface area (Å²) in [5.41, 5.74) is 4.30. The van der Waals surface area contributed by atoms with Gasteiger partial charge in [0.05, 0.1) is 6.61 Å². The Morgan fingerprint density at radius 1 is 0.926 bits per heavy atom. The third kappa shape index (κ3) is 4.69. The van der Waals surface area contributed by atoms with Gasteiger partial charge in [-0.1, -0.05) is 56.0 Å². The molecule has 0 aliphatic heterocycles. The number of fused-ring (bicyclic) bond motifs is 1.